The lowest BCUT2D eigenvalue weighted by molar-refractivity contribution is -0.332. The van der Waals surface area contributed by atoms with Crippen molar-refractivity contribution in [1.29, 1.82) is 0 Å². The molecule has 2 fully saturated rings. The largest absolute Gasteiger partial charge is 0.462 e. The Morgan fingerprint density at radius 1 is 0.443 bits per heavy atom. The van der Waals surface area contributed by atoms with Crippen molar-refractivity contribution in [2.24, 2.45) is 0 Å². The Bertz CT molecular complexity index is 1270. The molecule has 2 heterocycles. The lowest BCUT2D eigenvalue weighted by Gasteiger charge is -2.42. The molecule has 2 aliphatic heterocycles. The molecule has 0 aromatic carbocycles. The van der Waals surface area contributed by atoms with E-state index in [1.54, 1.807) is 0 Å². The molecule has 15 nitrogen and oxygen atoms in total. The first-order valence-corrected chi connectivity index (χ1v) is 28.3. The quantitative estimate of drug-likeness (QED) is 0.0172. The molecule has 70 heavy (non-hydrogen) atoms. The Kier molecular flexibility index (Phi) is 39.1. The summed E-state index contributed by atoms with van der Waals surface area (Å²) in [6.45, 7) is 2.59. The van der Waals surface area contributed by atoms with E-state index in [0.29, 0.717) is 12.8 Å². The molecule has 0 spiro atoms. The molecular weight excluding hydrogens is 901 g/mol. The summed E-state index contributed by atoms with van der Waals surface area (Å²) >= 11 is 0. The van der Waals surface area contributed by atoms with Gasteiger partial charge in [0.15, 0.2) is 18.7 Å². The predicted octanol–water partition coefficient (Wildman–Crippen LogP) is 8.94. The van der Waals surface area contributed by atoms with Crippen LogP contribution in [0.25, 0.3) is 0 Å². The number of hydrogen-bond acceptors (Lipinski definition) is 15. The Labute approximate surface area is 422 Å². The first kappa shape index (κ1) is 64.4. The number of rotatable bonds is 45. The van der Waals surface area contributed by atoms with Crippen molar-refractivity contribution < 1.29 is 73.8 Å². The molecule has 0 radical (unpaired) electrons. The maximum atomic E-state index is 13.0. The Morgan fingerprint density at radius 2 is 0.814 bits per heavy atom. The zero-order valence-electron chi connectivity index (χ0n) is 43.8. The molecule has 2 rings (SSSR count). The molecule has 4 unspecified atom stereocenters. The van der Waals surface area contributed by atoms with Crippen LogP contribution in [0.5, 0.6) is 0 Å². The number of aliphatic hydroxyl groups is 7. The number of carbonyl (C=O) groups excluding carboxylic acids is 2. The molecule has 0 amide bonds. The third-order valence-electron chi connectivity index (χ3n) is 13.7. The van der Waals surface area contributed by atoms with Crippen molar-refractivity contribution in [3.8, 4) is 0 Å². The van der Waals surface area contributed by atoms with Crippen LogP contribution in [0.2, 0.25) is 0 Å². The van der Waals surface area contributed by atoms with Crippen LogP contribution in [0.3, 0.4) is 0 Å². The maximum absolute atomic E-state index is 13.0. The number of carbonyl (C=O) groups is 2. The SMILES string of the molecule is CCCCC/C=C/CCCCCCCC(=O)O[C@@H](COC(=O)CCCCCCCCCCCCCCCCCCCCCCCC)CO[C@@H]1O[C@H](CO[C@@H]2O[C@H](CO)[C@H](O)C(O)C2O)[C@H](O)C(O)C1O. The minimum atomic E-state index is -1.76. The number of hydrogen-bond donors (Lipinski definition) is 7. The molecule has 7 N–H and O–H groups in total. The van der Waals surface area contributed by atoms with Gasteiger partial charge in [-0.05, 0) is 38.5 Å². The molecule has 0 bridgehead atoms. The average Bonchev–Trinajstić information content (AvgIpc) is 3.35. The van der Waals surface area contributed by atoms with Crippen molar-refractivity contribution in [3.05, 3.63) is 12.2 Å². The highest BCUT2D eigenvalue weighted by Gasteiger charge is 2.47. The second kappa shape index (κ2) is 42.6. The summed E-state index contributed by atoms with van der Waals surface area (Å²) in [5, 5.41) is 72.1. The van der Waals surface area contributed by atoms with Crippen LogP contribution < -0.4 is 0 Å². The number of esters is 2. The van der Waals surface area contributed by atoms with Crippen molar-refractivity contribution in [3.63, 3.8) is 0 Å². The summed E-state index contributed by atoms with van der Waals surface area (Å²) in [4.78, 5) is 25.8. The van der Waals surface area contributed by atoms with Gasteiger partial charge in [0, 0.05) is 12.8 Å². The summed E-state index contributed by atoms with van der Waals surface area (Å²) in [6, 6.07) is 0. The molecule has 15 heteroatoms. The smallest absolute Gasteiger partial charge is 0.306 e. The Morgan fingerprint density at radius 3 is 1.29 bits per heavy atom. The van der Waals surface area contributed by atoms with Gasteiger partial charge in [-0.1, -0.05) is 193 Å². The molecule has 0 saturated carbocycles. The fraction of sp³-hybridized carbons (Fsp3) is 0.927. The Balaban J connectivity index is 1.72. The number of unbranched alkanes of at least 4 members (excludes halogenated alkanes) is 29. The van der Waals surface area contributed by atoms with E-state index >= 15 is 0 Å². The van der Waals surface area contributed by atoms with Crippen LogP contribution in [0, 0.1) is 0 Å². The third kappa shape index (κ3) is 29.8. The summed E-state index contributed by atoms with van der Waals surface area (Å²) in [6.07, 6.45) is 26.8. The minimum Gasteiger partial charge on any atom is -0.462 e. The molecule has 0 aromatic rings. The number of allylic oxidation sites excluding steroid dienone is 2. The monoisotopic (exact) mass is 1000 g/mol. The molecule has 2 saturated heterocycles. The van der Waals surface area contributed by atoms with E-state index in [1.165, 1.54) is 135 Å². The van der Waals surface area contributed by atoms with E-state index in [1.807, 2.05) is 0 Å². The summed E-state index contributed by atoms with van der Waals surface area (Å²) in [7, 11) is 0. The van der Waals surface area contributed by atoms with Crippen LogP contribution >= 0.6 is 0 Å². The van der Waals surface area contributed by atoms with Crippen molar-refractivity contribution in [1.82, 2.24) is 0 Å². The minimum absolute atomic E-state index is 0.159. The van der Waals surface area contributed by atoms with Gasteiger partial charge < -0.3 is 64.2 Å². The normalized spacial score (nSPS) is 25.4. The van der Waals surface area contributed by atoms with Gasteiger partial charge in [0.2, 0.25) is 0 Å². The number of aliphatic hydroxyl groups excluding tert-OH is 7. The third-order valence-corrected chi connectivity index (χ3v) is 13.7. The molecule has 11 atom stereocenters. The second-order valence-corrected chi connectivity index (χ2v) is 20.1. The van der Waals surface area contributed by atoms with E-state index in [-0.39, 0.29) is 26.1 Å². The van der Waals surface area contributed by atoms with Gasteiger partial charge in [0.1, 0.15) is 55.4 Å². The predicted molar refractivity (Wildman–Crippen MR) is 271 cm³/mol. The van der Waals surface area contributed by atoms with E-state index in [0.717, 1.165) is 57.8 Å². The zero-order chi connectivity index (χ0) is 51.0. The highest BCUT2D eigenvalue weighted by atomic mass is 16.7. The van der Waals surface area contributed by atoms with E-state index in [9.17, 15) is 45.3 Å². The summed E-state index contributed by atoms with van der Waals surface area (Å²) < 4.78 is 33.6. The fourth-order valence-electron chi connectivity index (χ4n) is 9.10. The Hall–Kier alpha value is -1.76. The molecule has 412 valence electrons. The second-order valence-electron chi connectivity index (χ2n) is 20.1. The first-order chi connectivity index (χ1) is 34.0. The maximum Gasteiger partial charge on any atom is 0.306 e. The van der Waals surface area contributed by atoms with Crippen molar-refractivity contribution in [2.75, 3.05) is 26.4 Å². The van der Waals surface area contributed by atoms with Crippen LogP contribution in [0.15, 0.2) is 12.2 Å². The highest BCUT2D eigenvalue weighted by molar-refractivity contribution is 5.70. The molecule has 2 aliphatic rings. The van der Waals surface area contributed by atoms with E-state index in [4.69, 9.17) is 28.4 Å². The van der Waals surface area contributed by atoms with Crippen LogP contribution in [0.4, 0.5) is 0 Å². The fourth-order valence-corrected chi connectivity index (χ4v) is 9.10. The lowest BCUT2D eigenvalue weighted by atomic mass is 9.98. The van der Waals surface area contributed by atoms with Crippen molar-refractivity contribution in [2.45, 2.75) is 300 Å². The first-order valence-electron chi connectivity index (χ1n) is 28.3. The van der Waals surface area contributed by atoms with Gasteiger partial charge in [0.05, 0.1) is 19.8 Å². The van der Waals surface area contributed by atoms with Crippen LogP contribution in [-0.4, -0.2) is 142 Å². The van der Waals surface area contributed by atoms with Gasteiger partial charge in [-0.15, -0.1) is 0 Å². The lowest BCUT2D eigenvalue weighted by Crippen LogP contribution is -2.61. The van der Waals surface area contributed by atoms with Crippen molar-refractivity contribution >= 4 is 11.9 Å². The van der Waals surface area contributed by atoms with Crippen LogP contribution in [0.1, 0.15) is 232 Å². The molecule has 0 aromatic heterocycles. The van der Waals surface area contributed by atoms with Gasteiger partial charge >= 0.3 is 11.9 Å². The summed E-state index contributed by atoms with van der Waals surface area (Å²) in [5.74, 6) is -0.923. The molecule has 0 aliphatic carbocycles. The summed E-state index contributed by atoms with van der Waals surface area (Å²) in [5.41, 5.74) is 0. The van der Waals surface area contributed by atoms with Gasteiger partial charge in [-0.2, -0.15) is 0 Å². The highest BCUT2D eigenvalue weighted by Crippen LogP contribution is 2.27. The van der Waals surface area contributed by atoms with Gasteiger partial charge in [0.25, 0.3) is 0 Å². The van der Waals surface area contributed by atoms with E-state index < -0.39 is 92.7 Å². The van der Waals surface area contributed by atoms with Gasteiger partial charge in [-0.3, -0.25) is 9.59 Å². The standard InChI is InChI=1S/C55H102O15/c1-3-5-7-9-11-13-15-17-18-19-20-21-22-23-24-25-26-28-29-31-33-35-37-46(57)65-40-43(68-47(58)38-36-34-32-30-27-16-14-12-10-8-6-4-2)41-66-54-53(64)51(62)49(60)45(70-54)42-67-55-52(63)50(61)48(59)44(39-56)69-55/h12,14,43-45,48-56,59-64H,3-11,13,15-42H2,1-2H3/b14-12+/t43-,44+,45+,48-,49-,50?,51?,52?,53?,54+,55+/m0/s1. The number of ether oxygens (including phenoxy) is 6. The topological polar surface area (TPSA) is 231 Å². The van der Waals surface area contributed by atoms with Crippen LogP contribution in [-0.2, 0) is 38.0 Å². The average molecular weight is 1000 g/mol. The zero-order valence-corrected chi connectivity index (χ0v) is 43.8. The molecular formula is C55H102O15. The van der Waals surface area contributed by atoms with Gasteiger partial charge in [-0.25, -0.2) is 0 Å². The van der Waals surface area contributed by atoms with E-state index in [2.05, 4.69) is 26.0 Å².